The van der Waals surface area contributed by atoms with Crippen molar-refractivity contribution < 1.29 is 0 Å². The van der Waals surface area contributed by atoms with Crippen LogP contribution in [-0.4, -0.2) is 41.4 Å². The second-order valence-electron chi connectivity index (χ2n) is 4.97. The molecule has 2 aliphatic rings. The van der Waals surface area contributed by atoms with Crippen molar-refractivity contribution in [3.8, 4) is 6.07 Å². The molecule has 0 amide bonds. The molecule has 0 fully saturated rings. The number of aliphatic imine (C=N–C) groups is 1. The predicted molar refractivity (Wildman–Crippen MR) is 89.2 cm³/mol. The van der Waals surface area contributed by atoms with Gasteiger partial charge in [-0.1, -0.05) is 12.2 Å². The Kier molecular flexibility index (Phi) is 3.76. The van der Waals surface area contributed by atoms with Gasteiger partial charge in [0.25, 0.3) is 0 Å². The quantitative estimate of drug-likeness (QED) is 0.821. The molecule has 3 heterocycles. The number of nitrogens with two attached hydrogens (primary N) is 1. The van der Waals surface area contributed by atoms with Crippen LogP contribution in [0.5, 0.6) is 0 Å². The number of nitrogens with zero attached hydrogens (tertiary/aromatic N) is 3. The molecular formula is C14H15N5S2. The number of thiocarbonyl (C=S) groups is 1. The number of aryl methyl sites for hydroxylation is 1. The van der Waals surface area contributed by atoms with Crippen LogP contribution in [0, 0.1) is 18.3 Å². The molecule has 3 rings (SSSR count). The Balaban J connectivity index is 2.17. The molecule has 2 atom stereocenters. The molecule has 0 bridgehead atoms. The zero-order chi connectivity index (χ0) is 15.0. The molecule has 1 aromatic heterocycles. The summed E-state index contributed by atoms with van der Waals surface area (Å²) in [6.45, 7) is 3.20. The summed E-state index contributed by atoms with van der Waals surface area (Å²) in [6.07, 6.45) is 1.59. The van der Waals surface area contributed by atoms with Gasteiger partial charge in [-0.15, -0.1) is 11.3 Å². The van der Waals surface area contributed by atoms with Gasteiger partial charge in [0.2, 0.25) is 0 Å². The third kappa shape index (κ3) is 2.16. The first-order chi connectivity index (χ1) is 10.2. The van der Waals surface area contributed by atoms with E-state index in [1.165, 1.54) is 0 Å². The number of hydrogen-bond donors (Lipinski definition) is 2. The fourth-order valence-electron chi connectivity index (χ4n) is 2.85. The summed E-state index contributed by atoms with van der Waals surface area (Å²) >= 11 is 7.07. The molecule has 2 unspecified atom stereocenters. The van der Waals surface area contributed by atoms with Crippen LogP contribution >= 0.6 is 23.6 Å². The normalized spacial score (nSPS) is 24.0. The summed E-state index contributed by atoms with van der Waals surface area (Å²) in [4.78, 5) is 8.37. The van der Waals surface area contributed by atoms with E-state index in [4.69, 9.17) is 18.0 Å². The van der Waals surface area contributed by atoms with Crippen molar-refractivity contribution in [2.24, 2.45) is 10.7 Å². The summed E-state index contributed by atoms with van der Waals surface area (Å²) in [7, 11) is 0. The molecule has 0 radical (unpaired) electrons. The van der Waals surface area contributed by atoms with Crippen LogP contribution in [0.25, 0.3) is 5.70 Å². The fraction of sp³-hybridized carbons (Fsp3) is 0.357. The van der Waals surface area contributed by atoms with Crippen LogP contribution < -0.4 is 11.1 Å². The lowest BCUT2D eigenvalue weighted by atomic mass is 10.0. The van der Waals surface area contributed by atoms with Crippen molar-refractivity contribution in [3.05, 3.63) is 27.5 Å². The van der Waals surface area contributed by atoms with Crippen molar-refractivity contribution in [2.45, 2.75) is 19.0 Å². The number of rotatable bonds is 3. The van der Waals surface area contributed by atoms with Crippen molar-refractivity contribution in [1.82, 2.24) is 10.2 Å². The number of nitrogens with one attached hydrogen (secondary N) is 1. The number of thiophene rings is 1. The number of nitriles is 1. The summed E-state index contributed by atoms with van der Waals surface area (Å²) < 4.78 is 0. The highest BCUT2D eigenvalue weighted by atomic mass is 32.1. The van der Waals surface area contributed by atoms with Gasteiger partial charge in [0.15, 0.2) is 0 Å². The fourth-order valence-corrected chi connectivity index (χ4v) is 4.16. The minimum atomic E-state index is -0.230. The summed E-state index contributed by atoms with van der Waals surface area (Å²) in [5, 5.41) is 14.7. The SMILES string of the molecule is Cc1ccsc1C1=C(C#N)C2N=CNC(=S)C2N1CCN. The van der Waals surface area contributed by atoms with Gasteiger partial charge in [0, 0.05) is 13.1 Å². The maximum Gasteiger partial charge on any atom is 0.115 e. The van der Waals surface area contributed by atoms with E-state index in [0.717, 1.165) is 16.1 Å². The molecule has 0 aliphatic carbocycles. The van der Waals surface area contributed by atoms with Crippen molar-refractivity contribution in [1.29, 1.82) is 5.26 Å². The average molecular weight is 317 g/mol. The Morgan fingerprint density at radius 2 is 2.43 bits per heavy atom. The Morgan fingerprint density at radius 1 is 1.62 bits per heavy atom. The summed E-state index contributed by atoms with van der Waals surface area (Å²) in [6, 6.07) is 4.06. The van der Waals surface area contributed by atoms with Gasteiger partial charge in [0.1, 0.15) is 17.1 Å². The second-order valence-corrected chi connectivity index (χ2v) is 6.32. The summed E-state index contributed by atoms with van der Waals surface area (Å²) in [5.41, 5.74) is 8.55. The maximum atomic E-state index is 9.64. The van der Waals surface area contributed by atoms with E-state index in [2.05, 4.69) is 34.3 Å². The molecule has 0 saturated heterocycles. The lowest BCUT2D eigenvalue weighted by Gasteiger charge is -2.32. The van der Waals surface area contributed by atoms with Crippen LogP contribution in [0.1, 0.15) is 10.4 Å². The molecule has 0 saturated carbocycles. The molecule has 0 aromatic carbocycles. The number of hydrogen-bond acceptors (Lipinski definition) is 6. The van der Waals surface area contributed by atoms with Crippen LogP contribution in [-0.2, 0) is 0 Å². The van der Waals surface area contributed by atoms with Gasteiger partial charge in [-0.25, -0.2) is 0 Å². The minimum absolute atomic E-state index is 0.111. The van der Waals surface area contributed by atoms with E-state index in [1.807, 2.05) is 5.38 Å². The average Bonchev–Trinajstić information content (AvgIpc) is 3.01. The lowest BCUT2D eigenvalue weighted by molar-refractivity contribution is 0.366. The molecule has 2 aliphatic heterocycles. The topological polar surface area (TPSA) is 77.4 Å². The van der Waals surface area contributed by atoms with E-state index in [0.29, 0.717) is 23.7 Å². The highest BCUT2D eigenvalue weighted by Crippen LogP contribution is 2.41. The molecular weight excluding hydrogens is 302 g/mol. The predicted octanol–water partition coefficient (Wildman–Crippen LogP) is 1.26. The van der Waals surface area contributed by atoms with Crippen LogP contribution in [0.15, 0.2) is 22.0 Å². The van der Waals surface area contributed by atoms with E-state index < -0.39 is 0 Å². The Morgan fingerprint density at radius 3 is 3.05 bits per heavy atom. The monoisotopic (exact) mass is 317 g/mol. The third-order valence-corrected chi connectivity index (χ3v) is 5.13. The van der Waals surface area contributed by atoms with E-state index in [9.17, 15) is 5.26 Å². The maximum absolute atomic E-state index is 9.64. The summed E-state index contributed by atoms with van der Waals surface area (Å²) in [5.74, 6) is 0. The zero-order valence-electron chi connectivity index (χ0n) is 11.5. The highest BCUT2D eigenvalue weighted by Gasteiger charge is 2.45. The Bertz CT molecular complexity index is 682. The molecule has 5 nitrogen and oxygen atoms in total. The zero-order valence-corrected chi connectivity index (χ0v) is 13.2. The van der Waals surface area contributed by atoms with Crippen molar-refractivity contribution in [2.75, 3.05) is 13.1 Å². The lowest BCUT2D eigenvalue weighted by Crippen LogP contribution is -2.51. The van der Waals surface area contributed by atoms with Crippen LogP contribution in [0.3, 0.4) is 0 Å². The van der Waals surface area contributed by atoms with Crippen molar-refractivity contribution in [3.63, 3.8) is 0 Å². The molecule has 21 heavy (non-hydrogen) atoms. The minimum Gasteiger partial charge on any atom is -0.356 e. The molecule has 7 heteroatoms. The third-order valence-electron chi connectivity index (χ3n) is 3.75. The second kappa shape index (κ2) is 5.56. The molecule has 0 spiro atoms. The van der Waals surface area contributed by atoms with Crippen LogP contribution in [0.2, 0.25) is 0 Å². The largest absolute Gasteiger partial charge is 0.356 e. The van der Waals surface area contributed by atoms with Gasteiger partial charge in [-0.2, -0.15) is 5.26 Å². The first kappa shape index (κ1) is 14.2. The Hall–Kier alpha value is -1.75. The van der Waals surface area contributed by atoms with Gasteiger partial charge >= 0.3 is 0 Å². The molecule has 3 N–H and O–H groups in total. The van der Waals surface area contributed by atoms with Gasteiger partial charge in [-0.3, -0.25) is 4.99 Å². The van der Waals surface area contributed by atoms with Crippen molar-refractivity contribution >= 4 is 40.6 Å². The first-order valence-corrected chi connectivity index (χ1v) is 7.95. The highest BCUT2D eigenvalue weighted by molar-refractivity contribution is 7.80. The van der Waals surface area contributed by atoms with Gasteiger partial charge in [-0.05, 0) is 23.9 Å². The van der Waals surface area contributed by atoms with Crippen LogP contribution in [0.4, 0.5) is 0 Å². The molecule has 1 aromatic rings. The van der Waals surface area contributed by atoms with E-state index in [-0.39, 0.29) is 12.1 Å². The van der Waals surface area contributed by atoms with E-state index in [1.54, 1.807) is 17.7 Å². The molecule has 108 valence electrons. The Labute approximate surface area is 132 Å². The van der Waals surface area contributed by atoms with E-state index >= 15 is 0 Å². The van der Waals surface area contributed by atoms with Gasteiger partial charge in [0.05, 0.1) is 28.6 Å². The smallest absolute Gasteiger partial charge is 0.115 e. The first-order valence-electron chi connectivity index (χ1n) is 6.66. The van der Waals surface area contributed by atoms with Gasteiger partial charge < -0.3 is 16.0 Å². The number of fused-ring (bicyclic) bond motifs is 1. The standard InChI is InChI=1S/C14H15N5S2/c1-8-2-5-21-13(8)11-9(6-16)10-12(19(11)4-3-15)14(20)18-7-17-10/h2,5,7,10,12H,3-4,15H2,1H3,(H,17,18,20).